The van der Waals surface area contributed by atoms with Crippen molar-refractivity contribution in [1.82, 2.24) is 14.8 Å². The molecule has 1 N–H and O–H groups in total. The van der Waals surface area contributed by atoms with Crippen LogP contribution in [0, 0.1) is 13.8 Å². The normalized spacial score (nSPS) is 12.0. The molecule has 0 aliphatic heterocycles. The van der Waals surface area contributed by atoms with Gasteiger partial charge in [-0.05, 0) is 38.5 Å². The van der Waals surface area contributed by atoms with Crippen LogP contribution in [-0.2, 0) is 11.3 Å². The molecule has 0 radical (unpaired) electrons. The molecule has 3 aromatic rings. The molecule has 0 bridgehead atoms. The highest BCUT2D eigenvalue weighted by molar-refractivity contribution is 8.00. The van der Waals surface area contributed by atoms with Crippen molar-refractivity contribution >= 4 is 23.4 Å². The van der Waals surface area contributed by atoms with Gasteiger partial charge in [-0.25, -0.2) is 0 Å². The van der Waals surface area contributed by atoms with E-state index in [-0.39, 0.29) is 11.2 Å². The summed E-state index contributed by atoms with van der Waals surface area (Å²) >= 11 is 1.42. The van der Waals surface area contributed by atoms with Crippen molar-refractivity contribution in [2.24, 2.45) is 0 Å². The summed E-state index contributed by atoms with van der Waals surface area (Å²) in [5.41, 5.74) is 3.14. The van der Waals surface area contributed by atoms with Crippen molar-refractivity contribution in [2.45, 2.75) is 37.7 Å². The SMILES string of the molecule is Cc1ccc(NC(=O)[C@H](C)Sc2nnc(C)n2Cc2ccccc2)cc1. The minimum absolute atomic E-state index is 0.0502. The van der Waals surface area contributed by atoms with Gasteiger partial charge in [0, 0.05) is 5.69 Å². The first kappa shape index (κ1) is 18.2. The first-order chi connectivity index (χ1) is 12.5. The molecule has 1 heterocycles. The van der Waals surface area contributed by atoms with Crippen LogP contribution in [0.3, 0.4) is 0 Å². The fourth-order valence-electron chi connectivity index (χ4n) is 2.49. The van der Waals surface area contributed by atoms with E-state index < -0.39 is 0 Å². The second kappa shape index (κ2) is 8.19. The van der Waals surface area contributed by atoms with Crippen LogP contribution in [0.2, 0.25) is 0 Å². The number of nitrogens with zero attached hydrogens (tertiary/aromatic N) is 3. The van der Waals surface area contributed by atoms with Crippen molar-refractivity contribution in [3.63, 3.8) is 0 Å². The Bertz CT molecular complexity index is 875. The quantitative estimate of drug-likeness (QED) is 0.668. The number of hydrogen-bond donors (Lipinski definition) is 1. The number of nitrogens with one attached hydrogen (secondary N) is 1. The van der Waals surface area contributed by atoms with Gasteiger partial charge in [0.1, 0.15) is 5.82 Å². The van der Waals surface area contributed by atoms with E-state index in [1.165, 1.54) is 17.3 Å². The van der Waals surface area contributed by atoms with Crippen molar-refractivity contribution < 1.29 is 4.79 Å². The lowest BCUT2D eigenvalue weighted by molar-refractivity contribution is -0.115. The van der Waals surface area contributed by atoms with Crippen LogP contribution < -0.4 is 5.32 Å². The van der Waals surface area contributed by atoms with Gasteiger partial charge in [-0.3, -0.25) is 4.79 Å². The third-order valence-electron chi connectivity index (χ3n) is 4.06. The summed E-state index contributed by atoms with van der Waals surface area (Å²) in [5, 5.41) is 11.8. The van der Waals surface area contributed by atoms with E-state index in [0.717, 1.165) is 22.2 Å². The van der Waals surface area contributed by atoms with Gasteiger partial charge in [0.05, 0.1) is 11.8 Å². The molecular weight excluding hydrogens is 344 g/mol. The molecule has 0 aliphatic rings. The molecule has 0 saturated heterocycles. The zero-order valence-corrected chi connectivity index (χ0v) is 16.0. The number of aromatic nitrogens is 3. The van der Waals surface area contributed by atoms with Gasteiger partial charge in [0.25, 0.3) is 0 Å². The van der Waals surface area contributed by atoms with Gasteiger partial charge < -0.3 is 9.88 Å². The van der Waals surface area contributed by atoms with E-state index in [1.54, 1.807) is 0 Å². The molecule has 134 valence electrons. The smallest absolute Gasteiger partial charge is 0.237 e. The molecule has 0 saturated carbocycles. The Morgan fingerprint density at radius 1 is 1.08 bits per heavy atom. The molecule has 5 nitrogen and oxygen atoms in total. The number of carbonyl (C=O) groups excluding carboxylic acids is 1. The van der Waals surface area contributed by atoms with Crippen molar-refractivity contribution in [3.05, 3.63) is 71.5 Å². The van der Waals surface area contributed by atoms with E-state index in [0.29, 0.717) is 6.54 Å². The molecule has 2 aromatic carbocycles. The third kappa shape index (κ3) is 4.52. The largest absolute Gasteiger partial charge is 0.325 e. The third-order valence-corrected chi connectivity index (χ3v) is 5.14. The van der Waals surface area contributed by atoms with Crippen LogP contribution in [0.15, 0.2) is 59.8 Å². The number of anilines is 1. The Morgan fingerprint density at radius 2 is 1.77 bits per heavy atom. The fourth-order valence-corrected chi connectivity index (χ4v) is 3.38. The monoisotopic (exact) mass is 366 g/mol. The topological polar surface area (TPSA) is 59.8 Å². The average molecular weight is 366 g/mol. The minimum Gasteiger partial charge on any atom is -0.325 e. The highest BCUT2D eigenvalue weighted by atomic mass is 32.2. The first-order valence-electron chi connectivity index (χ1n) is 8.51. The van der Waals surface area contributed by atoms with E-state index in [4.69, 9.17) is 0 Å². The van der Waals surface area contributed by atoms with E-state index in [1.807, 2.05) is 67.8 Å². The van der Waals surface area contributed by atoms with Crippen molar-refractivity contribution in [2.75, 3.05) is 5.32 Å². The zero-order valence-electron chi connectivity index (χ0n) is 15.1. The van der Waals surface area contributed by atoms with Gasteiger partial charge in [-0.2, -0.15) is 0 Å². The zero-order chi connectivity index (χ0) is 18.5. The van der Waals surface area contributed by atoms with E-state index >= 15 is 0 Å². The first-order valence-corrected chi connectivity index (χ1v) is 9.39. The number of thioether (sulfide) groups is 1. The number of carbonyl (C=O) groups is 1. The molecule has 1 atom stereocenters. The molecule has 26 heavy (non-hydrogen) atoms. The predicted octanol–water partition coefficient (Wildman–Crippen LogP) is 4.06. The van der Waals surface area contributed by atoms with Crippen LogP contribution in [0.1, 0.15) is 23.9 Å². The van der Waals surface area contributed by atoms with Crippen molar-refractivity contribution in [3.8, 4) is 0 Å². The van der Waals surface area contributed by atoms with Crippen LogP contribution in [0.25, 0.3) is 0 Å². The molecule has 1 aromatic heterocycles. The Morgan fingerprint density at radius 3 is 2.46 bits per heavy atom. The highest BCUT2D eigenvalue weighted by Gasteiger charge is 2.19. The van der Waals surface area contributed by atoms with Crippen LogP contribution >= 0.6 is 11.8 Å². The van der Waals surface area contributed by atoms with Crippen LogP contribution in [0.4, 0.5) is 5.69 Å². The van der Waals surface area contributed by atoms with Gasteiger partial charge in [0.2, 0.25) is 5.91 Å². The molecule has 3 rings (SSSR count). The Balaban J connectivity index is 1.68. The average Bonchev–Trinajstić information content (AvgIpc) is 2.98. The van der Waals surface area contributed by atoms with Crippen LogP contribution in [-0.4, -0.2) is 25.9 Å². The summed E-state index contributed by atoms with van der Waals surface area (Å²) < 4.78 is 2.04. The molecule has 0 unspecified atom stereocenters. The molecule has 1 amide bonds. The number of benzene rings is 2. The standard InChI is InChI=1S/C20H22N4OS/c1-14-9-11-18(12-10-14)21-19(25)15(2)26-20-23-22-16(3)24(20)13-17-7-5-4-6-8-17/h4-12,15H,13H2,1-3H3,(H,21,25)/t15-/m0/s1. The summed E-state index contributed by atoms with van der Waals surface area (Å²) in [5.74, 6) is 0.785. The molecule has 0 spiro atoms. The second-order valence-corrected chi connectivity index (χ2v) is 7.52. The number of amides is 1. The maximum atomic E-state index is 12.5. The Kier molecular flexibility index (Phi) is 5.73. The number of hydrogen-bond acceptors (Lipinski definition) is 4. The maximum Gasteiger partial charge on any atom is 0.237 e. The fraction of sp³-hybridized carbons (Fsp3) is 0.250. The maximum absolute atomic E-state index is 12.5. The van der Waals surface area contributed by atoms with E-state index in [2.05, 4.69) is 27.6 Å². The van der Waals surface area contributed by atoms with Gasteiger partial charge in [0.15, 0.2) is 5.16 Å². The van der Waals surface area contributed by atoms with Crippen molar-refractivity contribution in [1.29, 1.82) is 0 Å². The van der Waals surface area contributed by atoms with Crippen LogP contribution in [0.5, 0.6) is 0 Å². The second-order valence-electron chi connectivity index (χ2n) is 6.22. The number of rotatable bonds is 6. The van der Waals surface area contributed by atoms with Gasteiger partial charge >= 0.3 is 0 Å². The van der Waals surface area contributed by atoms with E-state index in [9.17, 15) is 4.79 Å². The lowest BCUT2D eigenvalue weighted by Crippen LogP contribution is -2.23. The van der Waals surface area contributed by atoms with Gasteiger partial charge in [-0.1, -0.05) is 59.8 Å². The molecule has 6 heteroatoms. The lowest BCUT2D eigenvalue weighted by Gasteiger charge is -2.13. The molecule has 0 fully saturated rings. The molecule has 0 aliphatic carbocycles. The Labute approximate surface area is 157 Å². The minimum atomic E-state index is -0.283. The Hall–Kier alpha value is -2.60. The summed E-state index contributed by atoms with van der Waals surface area (Å²) in [4.78, 5) is 12.5. The highest BCUT2D eigenvalue weighted by Crippen LogP contribution is 2.24. The summed E-state index contributed by atoms with van der Waals surface area (Å²) in [6.45, 7) is 6.52. The summed E-state index contributed by atoms with van der Waals surface area (Å²) in [7, 11) is 0. The van der Waals surface area contributed by atoms with Gasteiger partial charge in [-0.15, -0.1) is 10.2 Å². The lowest BCUT2D eigenvalue weighted by atomic mass is 10.2. The molecular formula is C20H22N4OS. The summed E-state index contributed by atoms with van der Waals surface area (Å²) in [6.07, 6.45) is 0. The summed E-state index contributed by atoms with van der Waals surface area (Å²) in [6, 6.07) is 17.9. The number of aryl methyl sites for hydroxylation is 2. The predicted molar refractivity (Wildman–Crippen MR) is 105 cm³/mol.